The molecule has 0 radical (unpaired) electrons. The molecule has 1 aromatic carbocycles. The van der Waals surface area contributed by atoms with Gasteiger partial charge in [0.1, 0.15) is 12.4 Å². The number of hydrogen-bond acceptors (Lipinski definition) is 2. The highest BCUT2D eigenvalue weighted by Crippen LogP contribution is 2.24. The van der Waals surface area contributed by atoms with Crippen molar-refractivity contribution < 1.29 is 9.13 Å². The number of ether oxygens (including phenoxy) is 1. The Morgan fingerprint density at radius 2 is 1.95 bits per heavy atom. The lowest BCUT2D eigenvalue weighted by molar-refractivity contribution is 0.228. The summed E-state index contributed by atoms with van der Waals surface area (Å²) in [7, 11) is 0. The van der Waals surface area contributed by atoms with Crippen molar-refractivity contribution in [3.63, 3.8) is 0 Å². The predicted octanol–water partition coefficient (Wildman–Crippen LogP) is 3.65. The molecule has 2 nitrogen and oxygen atoms in total. The maximum atomic E-state index is 12.5. The third-order valence-corrected chi connectivity index (χ3v) is 3.98. The van der Waals surface area contributed by atoms with E-state index in [0.29, 0.717) is 6.61 Å². The lowest BCUT2D eigenvalue weighted by Gasteiger charge is -2.19. The standard InChI is InChI=1S/C17H26FNO/c1-17(2,3)15-4-6-16(7-5-15)20-11-10-19-9-8-14(12-18)13-19/h4-7,14H,8-13H2,1-3H3/t14-/m0/s1. The molecule has 1 fully saturated rings. The van der Waals surface area contributed by atoms with Crippen LogP contribution in [0.25, 0.3) is 0 Å². The van der Waals surface area contributed by atoms with Crippen molar-refractivity contribution in [2.24, 2.45) is 5.92 Å². The quantitative estimate of drug-likeness (QED) is 0.815. The van der Waals surface area contributed by atoms with Crippen molar-refractivity contribution in [3.05, 3.63) is 29.8 Å². The molecular formula is C17H26FNO. The van der Waals surface area contributed by atoms with Crippen molar-refractivity contribution >= 4 is 0 Å². The Morgan fingerprint density at radius 1 is 1.25 bits per heavy atom. The number of likely N-dealkylation sites (tertiary alicyclic amines) is 1. The first-order valence-corrected chi connectivity index (χ1v) is 7.50. The van der Waals surface area contributed by atoms with Crippen molar-refractivity contribution in [2.75, 3.05) is 32.9 Å². The molecule has 1 aliphatic heterocycles. The van der Waals surface area contributed by atoms with E-state index in [0.717, 1.165) is 31.8 Å². The van der Waals surface area contributed by atoms with E-state index < -0.39 is 0 Å². The molecule has 2 rings (SSSR count). The van der Waals surface area contributed by atoms with Gasteiger partial charge in [-0.3, -0.25) is 9.29 Å². The van der Waals surface area contributed by atoms with Gasteiger partial charge in [-0.2, -0.15) is 0 Å². The van der Waals surface area contributed by atoms with Crippen LogP contribution in [0.2, 0.25) is 0 Å². The number of benzene rings is 1. The van der Waals surface area contributed by atoms with Crippen LogP contribution in [0, 0.1) is 5.92 Å². The second kappa shape index (κ2) is 6.57. The molecule has 1 heterocycles. The minimum Gasteiger partial charge on any atom is -0.492 e. The number of hydrogen-bond donors (Lipinski definition) is 0. The van der Waals surface area contributed by atoms with Crippen LogP contribution in [0.4, 0.5) is 4.39 Å². The van der Waals surface area contributed by atoms with Gasteiger partial charge in [0.15, 0.2) is 0 Å². The number of halogens is 1. The van der Waals surface area contributed by atoms with Gasteiger partial charge in [0.2, 0.25) is 0 Å². The minimum atomic E-state index is -0.189. The van der Waals surface area contributed by atoms with Crippen LogP contribution in [0.1, 0.15) is 32.8 Å². The minimum absolute atomic E-state index is 0.176. The molecule has 1 saturated heterocycles. The molecule has 0 N–H and O–H groups in total. The van der Waals surface area contributed by atoms with Crippen LogP contribution < -0.4 is 4.74 Å². The highest BCUT2D eigenvalue weighted by Gasteiger charge is 2.21. The summed E-state index contributed by atoms with van der Waals surface area (Å²) in [6.45, 7) is 9.87. The zero-order valence-corrected chi connectivity index (χ0v) is 12.9. The van der Waals surface area contributed by atoms with Gasteiger partial charge in [-0.25, -0.2) is 0 Å². The molecule has 0 saturated carbocycles. The SMILES string of the molecule is CC(C)(C)c1ccc(OCCN2CC[C@@H](CF)C2)cc1. The molecule has 1 atom stereocenters. The molecule has 3 heteroatoms. The summed E-state index contributed by atoms with van der Waals surface area (Å²) < 4.78 is 18.3. The predicted molar refractivity (Wildman–Crippen MR) is 81.2 cm³/mol. The van der Waals surface area contributed by atoms with Gasteiger partial charge < -0.3 is 4.74 Å². The first kappa shape index (κ1) is 15.3. The van der Waals surface area contributed by atoms with Crippen LogP contribution in [-0.2, 0) is 5.41 Å². The van der Waals surface area contributed by atoms with Crippen LogP contribution in [0.15, 0.2) is 24.3 Å². The summed E-state index contributed by atoms with van der Waals surface area (Å²) in [6.07, 6.45) is 0.983. The summed E-state index contributed by atoms with van der Waals surface area (Å²) in [5.41, 5.74) is 1.49. The van der Waals surface area contributed by atoms with Crippen LogP contribution >= 0.6 is 0 Å². The summed E-state index contributed by atoms with van der Waals surface area (Å²) in [4.78, 5) is 2.29. The highest BCUT2D eigenvalue weighted by molar-refractivity contribution is 5.31. The van der Waals surface area contributed by atoms with Gasteiger partial charge in [0.25, 0.3) is 0 Å². The van der Waals surface area contributed by atoms with Gasteiger partial charge in [0.05, 0.1) is 6.67 Å². The molecule has 112 valence electrons. The molecule has 0 amide bonds. The van der Waals surface area contributed by atoms with E-state index in [4.69, 9.17) is 4.74 Å². The van der Waals surface area contributed by atoms with E-state index in [1.165, 1.54) is 5.56 Å². The summed E-state index contributed by atoms with van der Waals surface area (Å²) >= 11 is 0. The zero-order valence-electron chi connectivity index (χ0n) is 12.9. The molecule has 20 heavy (non-hydrogen) atoms. The molecule has 0 aromatic heterocycles. The van der Waals surface area contributed by atoms with E-state index in [1.54, 1.807) is 0 Å². The average Bonchev–Trinajstić information content (AvgIpc) is 2.86. The van der Waals surface area contributed by atoms with Crippen LogP contribution in [-0.4, -0.2) is 37.8 Å². The Balaban J connectivity index is 1.75. The van der Waals surface area contributed by atoms with Gasteiger partial charge in [-0.05, 0) is 36.1 Å². The third kappa shape index (κ3) is 4.20. The zero-order chi connectivity index (χ0) is 14.6. The highest BCUT2D eigenvalue weighted by atomic mass is 19.1. The van der Waals surface area contributed by atoms with E-state index in [-0.39, 0.29) is 18.0 Å². The van der Waals surface area contributed by atoms with Gasteiger partial charge in [-0.1, -0.05) is 32.9 Å². The third-order valence-electron chi connectivity index (χ3n) is 3.98. The number of rotatable bonds is 5. The Morgan fingerprint density at radius 3 is 2.50 bits per heavy atom. The largest absolute Gasteiger partial charge is 0.492 e. The van der Waals surface area contributed by atoms with E-state index in [1.807, 2.05) is 12.1 Å². The molecule has 1 aliphatic rings. The Kier molecular flexibility index (Phi) is 5.03. The molecule has 0 aliphatic carbocycles. The normalized spacial score (nSPS) is 20.3. The monoisotopic (exact) mass is 279 g/mol. The molecule has 0 bridgehead atoms. The summed E-state index contributed by atoms with van der Waals surface area (Å²) in [5.74, 6) is 1.15. The second-order valence-electron chi connectivity index (χ2n) is 6.73. The van der Waals surface area contributed by atoms with Gasteiger partial charge >= 0.3 is 0 Å². The Hall–Kier alpha value is -1.09. The summed E-state index contributed by atoms with van der Waals surface area (Å²) in [5, 5.41) is 0. The van der Waals surface area contributed by atoms with Crippen molar-refractivity contribution in [1.82, 2.24) is 4.90 Å². The van der Waals surface area contributed by atoms with Crippen molar-refractivity contribution in [3.8, 4) is 5.75 Å². The Labute approximate surface area is 121 Å². The number of nitrogens with zero attached hydrogens (tertiary/aromatic N) is 1. The molecule has 0 spiro atoms. The van der Waals surface area contributed by atoms with E-state index in [2.05, 4.69) is 37.8 Å². The molecule has 1 aromatic rings. The van der Waals surface area contributed by atoms with Crippen molar-refractivity contribution in [1.29, 1.82) is 0 Å². The summed E-state index contributed by atoms with van der Waals surface area (Å²) in [6, 6.07) is 8.33. The number of alkyl halides is 1. The second-order valence-corrected chi connectivity index (χ2v) is 6.73. The van der Waals surface area contributed by atoms with Crippen LogP contribution in [0.3, 0.4) is 0 Å². The first-order valence-electron chi connectivity index (χ1n) is 7.50. The lowest BCUT2D eigenvalue weighted by Crippen LogP contribution is -2.26. The first-order chi connectivity index (χ1) is 9.49. The fourth-order valence-corrected chi connectivity index (χ4v) is 2.59. The Bertz CT molecular complexity index is 410. The van der Waals surface area contributed by atoms with E-state index in [9.17, 15) is 4.39 Å². The van der Waals surface area contributed by atoms with E-state index >= 15 is 0 Å². The molecular weight excluding hydrogens is 253 g/mol. The smallest absolute Gasteiger partial charge is 0.119 e. The van der Waals surface area contributed by atoms with Crippen molar-refractivity contribution in [2.45, 2.75) is 32.6 Å². The fourth-order valence-electron chi connectivity index (χ4n) is 2.59. The topological polar surface area (TPSA) is 12.5 Å². The van der Waals surface area contributed by atoms with Gasteiger partial charge in [-0.15, -0.1) is 0 Å². The van der Waals surface area contributed by atoms with Crippen LogP contribution in [0.5, 0.6) is 5.75 Å². The fraction of sp³-hybridized carbons (Fsp3) is 0.647. The lowest BCUT2D eigenvalue weighted by atomic mass is 9.87. The maximum Gasteiger partial charge on any atom is 0.119 e. The average molecular weight is 279 g/mol. The molecule has 0 unspecified atom stereocenters. The van der Waals surface area contributed by atoms with Gasteiger partial charge in [0, 0.05) is 19.0 Å². The maximum absolute atomic E-state index is 12.5.